The summed E-state index contributed by atoms with van der Waals surface area (Å²) in [6.45, 7) is 3.68. The van der Waals surface area contributed by atoms with Crippen LogP contribution >= 0.6 is 15.9 Å². The third kappa shape index (κ3) is 7.66. The van der Waals surface area contributed by atoms with Gasteiger partial charge in [0.2, 0.25) is 0 Å². The number of amides is 2. The highest BCUT2D eigenvalue weighted by molar-refractivity contribution is 9.11. The fourth-order valence-electron chi connectivity index (χ4n) is 1.01. The van der Waals surface area contributed by atoms with E-state index in [1.54, 1.807) is 0 Å². The van der Waals surface area contributed by atoms with Crippen molar-refractivity contribution in [3.05, 3.63) is 11.1 Å². The number of ether oxygens (including phenoxy) is 1. The Bertz CT molecular complexity index is 345. The maximum absolute atomic E-state index is 11.3. The van der Waals surface area contributed by atoms with Crippen LogP contribution in [-0.2, 0) is 14.3 Å². The van der Waals surface area contributed by atoms with Gasteiger partial charge in [-0.25, -0.2) is 9.59 Å². The van der Waals surface area contributed by atoms with Gasteiger partial charge < -0.3 is 20.5 Å². The number of carbonyl (C=O) groups is 3. The molecule has 0 aliphatic rings. The van der Waals surface area contributed by atoms with Crippen LogP contribution in [-0.4, -0.2) is 42.8 Å². The first-order valence-electron chi connectivity index (χ1n) is 5.04. The van der Waals surface area contributed by atoms with Crippen molar-refractivity contribution in [2.45, 2.75) is 18.9 Å². The Labute approximate surface area is 113 Å². The summed E-state index contributed by atoms with van der Waals surface area (Å²) in [5.41, 5.74) is 0. The van der Waals surface area contributed by atoms with E-state index in [1.165, 1.54) is 7.11 Å². The third-order valence-corrected chi connectivity index (χ3v) is 2.19. The number of hydrogen-bond donors (Lipinski definition) is 3. The quantitative estimate of drug-likeness (QED) is 0.595. The van der Waals surface area contributed by atoms with Crippen molar-refractivity contribution in [1.29, 1.82) is 0 Å². The highest BCUT2D eigenvalue weighted by Gasteiger charge is 2.20. The van der Waals surface area contributed by atoms with Gasteiger partial charge >= 0.3 is 18.0 Å². The van der Waals surface area contributed by atoms with E-state index in [4.69, 9.17) is 5.11 Å². The number of carboxylic acid groups (broad SMARTS) is 1. The van der Waals surface area contributed by atoms with Gasteiger partial charge in [-0.15, -0.1) is 0 Å². The van der Waals surface area contributed by atoms with Crippen molar-refractivity contribution in [2.24, 2.45) is 0 Å². The molecule has 0 fully saturated rings. The zero-order valence-corrected chi connectivity index (χ0v) is 11.4. The van der Waals surface area contributed by atoms with Crippen LogP contribution < -0.4 is 10.6 Å². The largest absolute Gasteiger partial charge is 0.480 e. The summed E-state index contributed by atoms with van der Waals surface area (Å²) in [4.78, 5) is 33.0. The molecule has 0 radical (unpaired) electrons. The van der Waals surface area contributed by atoms with E-state index < -0.39 is 24.0 Å². The molecule has 0 aromatic carbocycles. The van der Waals surface area contributed by atoms with Gasteiger partial charge in [0.05, 0.1) is 13.7 Å². The monoisotopic (exact) mass is 322 g/mol. The summed E-state index contributed by atoms with van der Waals surface area (Å²) in [5, 5.41) is 13.5. The van der Waals surface area contributed by atoms with Gasteiger partial charge in [0, 0.05) is 10.9 Å². The molecule has 1 atom stereocenters. The van der Waals surface area contributed by atoms with Crippen molar-refractivity contribution in [1.82, 2.24) is 10.6 Å². The lowest BCUT2D eigenvalue weighted by Gasteiger charge is -2.14. The van der Waals surface area contributed by atoms with Gasteiger partial charge in [-0.3, -0.25) is 4.79 Å². The molecule has 0 aromatic rings. The number of hydrogen-bond acceptors (Lipinski definition) is 4. The number of rotatable bonds is 7. The molecule has 0 heterocycles. The summed E-state index contributed by atoms with van der Waals surface area (Å²) in [5.74, 6) is -1.75. The van der Waals surface area contributed by atoms with Crippen LogP contribution in [0.2, 0.25) is 0 Å². The van der Waals surface area contributed by atoms with Crippen LogP contribution in [0.25, 0.3) is 0 Å². The predicted octanol–water partition coefficient (Wildman–Crippen LogP) is 0.601. The zero-order valence-electron chi connectivity index (χ0n) is 9.86. The number of carbonyl (C=O) groups excluding carboxylic acids is 2. The van der Waals surface area contributed by atoms with E-state index in [-0.39, 0.29) is 19.4 Å². The van der Waals surface area contributed by atoms with Crippen molar-refractivity contribution < 1.29 is 24.2 Å². The summed E-state index contributed by atoms with van der Waals surface area (Å²) in [7, 11) is 1.21. The number of urea groups is 1. The van der Waals surface area contributed by atoms with Crippen LogP contribution in [0, 0.1) is 0 Å². The van der Waals surface area contributed by atoms with Crippen LogP contribution in [0.4, 0.5) is 4.79 Å². The highest BCUT2D eigenvalue weighted by Crippen LogP contribution is 2.00. The van der Waals surface area contributed by atoms with Crippen molar-refractivity contribution >= 4 is 33.9 Å². The molecule has 0 spiro atoms. The van der Waals surface area contributed by atoms with Crippen LogP contribution in [0.5, 0.6) is 0 Å². The standard InChI is InChI=1S/C10H15BrN2O5/c1-6(11)5-12-10(17)13-7(9(15)16)3-4-8(14)18-2/h7H,1,3-5H2,2H3,(H,15,16)(H2,12,13,17)/t7-/m1/s1. The second kappa shape index (κ2) is 8.51. The minimum absolute atomic E-state index is 0.0370. The van der Waals surface area contributed by atoms with Crippen molar-refractivity contribution in [2.75, 3.05) is 13.7 Å². The van der Waals surface area contributed by atoms with Crippen molar-refractivity contribution in [3.63, 3.8) is 0 Å². The molecular weight excluding hydrogens is 308 g/mol. The van der Waals surface area contributed by atoms with E-state index in [1.807, 2.05) is 0 Å². The van der Waals surface area contributed by atoms with Gasteiger partial charge in [-0.2, -0.15) is 0 Å². The lowest BCUT2D eigenvalue weighted by Crippen LogP contribution is -2.46. The van der Waals surface area contributed by atoms with Gasteiger partial charge in [0.25, 0.3) is 0 Å². The Hall–Kier alpha value is -1.57. The third-order valence-electron chi connectivity index (χ3n) is 1.91. The minimum Gasteiger partial charge on any atom is -0.480 e. The van der Waals surface area contributed by atoms with E-state index in [0.29, 0.717) is 4.48 Å². The molecule has 0 aliphatic carbocycles. The lowest BCUT2D eigenvalue weighted by molar-refractivity contribution is -0.142. The summed E-state index contributed by atoms with van der Waals surface area (Å²) in [6, 6.07) is -1.79. The Kier molecular flexibility index (Phi) is 7.77. The molecule has 0 unspecified atom stereocenters. The number of methoxy groups -OCH3 is 1. The molecule has 0 aliphatic heterocycles. The second-order valence-electron chi connectivity index (χ2n) is 3.35. The minimum atomic E-state index is -1.22. The normalized spacial score (nSPS) is 11.2. The molecule has 0 saturated carbocycles. The fourth-order valence-corrected chi connectivity index (χ4v) is 1.15. The van der Waals surface area contributed by atoms with Gasteiger partial charge in [0.15, 0.2) is 0 Å². The van der Waals surface area contributed by atoms with Gasteiger partial charge in [-0.05, 0) is 6.42 Å². The molecule has 0 aromatic heterocycles. The molecule has 0 saturated heterocycles. The van der Waals surface area contributed by atoms with E-state index in [0.717, 1.165) is 0 Å². The molecule has 18 heavy (non-hydrogen) atoms. The number of esters is 1. The van der Waals surface area contributed by atoms with E-state index in [9.17, 15) is 14.4 Å². The number of halogens is 1. The summed E-state index contributed by atoms with van der Waals surface area (Å²) < 4.78 is 4.94. The predicted molar refractivity (Wildman–Crippen MR) is 67.3 cm³/mol. The highest BCUT2D eigenvalue weighted by atomic mass is 79.9. The Morgan fingerprint density at radius 1 is 1.44 bits per heavy atom. The number of aliphatic carboxylic acids is 1. The Balaban J connectivity index is 4.18. The first-order valence-corrected chi connectivity index (χ1v) is 5.83. The molecule has 0 bridgehead atoms. The summed E-state index contributed by atoms with van der Waals surface area (Å²) in [6.07, 6.45) is -0.121. The van der Waals surface area contributed by atoms with Crippen LogP contribution in [0.15, 0.2) is 11.1 Å². The molecule has 7 nitrogen and oxygen atoms in total. The van der Waals surface area contributed by atoms with Crippen molar-refractivity contribution in [3.8, 4) is 0 Å². The summed E-state index contributed by atoms with van der Waals surface area (Å²) >= 11 is 3.04. The fraction of sp³-hybridized carbons (Fsp3) is 0.500. The topological polar surface area (TPSA) is 105 Å². The molecule has 102 valence electrons. The van der Waals surface area contributed by atoms with Crippen LogP contribution in [0.1, 0.15) is 12.8 Å². The lowest BCUT2D eigenvalue weighted by atomic mass is 10.1. The smallest absolute Gasteiger partial charge is 0.326 e. The first kappa shape index (κ1) is 16.4. The SMILES string of the molecule is C=C(Br)CNC(=O)N[C@H](CCC(=O)OC)C(=O)O. The molecule has 0 rings (SSSR count). The molecular formula is C10H15BrN2O5. The second-order valence-corrected chi connectivity index (χ2v) is 4.47. The number of nitrogens with one attached hydrogen (secondary N) is 2. The Morgan fingerprint density at radius 2 is 2.06 bits per heavy atom. The molecule has 2 amide bonds. The maximum Gasteiger partial charge on any atom is 0.326 e. The maximum atomic E-state index is 11.3. The van der Waals surface area contributed by atoms with E-state index in [2.05, 4.69) is 37.9 Å². The Morgan fingerprint density at radius 3 is 2.50 bits per heavy atom. The first-order chi connectivity index (χ1) is 8.36. The number of carboxylic acids is 1. The molecule has 8 heteroatoms. The van der Waals surface area contributed by atoms with Gasteiger partial charge in [0.1, 0.15) is 6.04 Å². The zero-order chi connectivity index (χ0) is 14.1. The molecule has 3 N–H and O–H groups in total. The van der Waals surface area contributed by atoms with Gasteiger partial charge in [-0.1, -0.05) is 22.5 Å². The van der Waals surface area contributed by atoms with E-state index >= 15 is 0 Å². The average molecular weight is 323 g/mol. The van der Waals surface area contributed by atoms with Crippen LogP contribution in [0.3, 0.4) is 0 Å². The average Bonchev–Trinajstić information content (AvgIpc) is 2.30.